The molecule has 1 heterocycles. The van der Waals surface area contributed by atoms with Gasteiger partial charge < -0.3 is 5.32 Å². The third kappa shape index (κ3) is 2.00. The Bertz CT molecular complexity index is 598. The SMILES string of the molecule is CNc1ncnc(-c2ccccc2C)c1[N+](=O)[O-]. The summed E-state index contributed by atoms with van der Waals surface area (Å²) in [7, 11) is 1.59. The standard InChI is InChI=1S/C12H12N4O2/c1-8-5-3-4-6-9(8)10-11(16(17)18)12(13-2)15-7-14-10/h3-7H,1-2H3,(H,13,14,15). The molecule has 0 saturated heterocycles. The molecule has 0 bridgehead atoms. The number of rotatable bonds is 3. The van der Waals surface area contributed by atoms with Crippen LogP contribution in [0.1, 0.15) is 5.56 Å². The molecule has 6 nitrogen and oxygen atoms in total. The van der Waals surface area contributed by atoms with E-state index in [0.29, 0.717) is 5.69 Å². The second kappa shape index (κ2) is 4.79. The van der Waals surface area contributed by atoms with Crippen molar-refractivity contribution in [3.8, 4) is 11.3 Å². The largest absolute Gasteiger partial charge is 0.367 e. The molecule has 0 aliphatic carbocycles. The number of benzene rings is 1. The Labute approximate surface area is 104 Å². The lowest BCUT2D eigenvalue weighted by Crippen LogP contribution is -2.03. The molecule has 92 valence electrons. The fourth-order valence-electron chi connectivity index (χ4n) is 1.77. The van der Waals surface area contributed by atoms with Gasteiger partial charge in [-0.2, -0.15) is 0 Å². The smallest absolute Gasteiger partial charge is 0.337 e. The number of hydrogen-bond acceptors (Lipinski definition) is 5. The van der Waals surface area contributed by atoms with Gasteiger partial charge in [0.1, 0.15) is 6.33 Å². The minimum absolute atomic E-state index is 0.102. The van der Waals surface area contributed by atoms with Crippen molar-refractivity contribution in [3.05, 3.63) is 46.3 Å². The molecule has 0 atom stereocenters. The van der Waals surface area contributed by atoms with Crippen molar-refractivity contribution in [3.63, 3.8) is 0 Å². The van der Waals surface area contributed by atoms with Gasteiger partial charge in [-0.05, 0) is 12.5 Å². The normalized spacial score (nSPS) is 10.1. The van der Waals surface area contributed by atoms with E-state index in [1.54, 1.807) is 7.05 Å². The van der Waals surface area contributed by atoms with Gasteiger partial charge in [0.05, 0.1) is 4.92 Å². The number of nitro groups is 1. The van der Waals surface area contributed by atoms with Crippen LogP contribution in [0.2, 0.25) is 0 Å². The van der Waals surface area contributed by atoms with Crippen LogP contribution in [-0.2, 0) is 0 Å². The first kappa shape index (κ1) is 12.0. The molecular weight excluding hydrogens is 232 g/mol. The zero-order valence-corrected chi connectivity index (χ0v) is 10.0. The first-order valence-electron chi connectivity index (χ1n) is 5.38. The molecule has 0 spiro atoms. The summed E-state index contributed by atoms with van der Waals surface area (Å²) in [5.74, 6) is 0.216. The molecule has 0 amide bonds. The summed E-state index contributed by atoms with van der Waals surface area (Å²) in [6.07, 6.45) is 1.32. The van der Waals surface area contributed by atoms with E-state index in [-0.39, 0.29) is 11.5 Å². The molecule has 2 rings (SSSR count). The van der Waals surface area contributed by atoms with Gasteiger partial charge in [-0.3, -0.25) is 10.1 Å². The van der Waals surface area contributed by atoms with Gasteiger partial charge >= 0.3 is 5.69 Å². The average molecular weight is 244 g/mol. The van der Waals surface area contributed by atoms with Crippen LogP contribution in [0.3, 0.4) is 0 Å². The van der Waals surface area contributed by atoms with E-state index in [1.807, 2.05) is 31.2 Å². The molecule has 6 heteroatoms. The quantitative estimate of drug-likeness (QED) is 0.662. The highest BCUT2D eigenvalue weighted by atomic mass is 16.6. The van der Waals surface area contributed by atoms with Crippen molar-refractivity contribution >= 4 is 11.5 Å². The zero-order valence-electron chi connectivity index (χ0n) is 10.0. The van der Waals surface area contributed by atoms with Crippen LogP contribution in [-0.4, -0.2) is 21.9 Å². The maximum absolute atomic E-state index is 11.2. The topological polar surface area (TPSA) is 81.0 Å². The second-order valence-corrected chi connectivity index (χ2v) is 3.74. The van der Waals surface area contributed by atoms with Gasteiger partial charge in [-0.25, -0.2) is 9.97 Å². The molecular formula is C12H12N4O2. The summed E-state index contributed by atoms with van der Waals surface area (Å²) in [6, 6.07) is 7.41. The van der Waals surface area contributed by atoms with Crippen LogP contribution in [0.4, 0.5) is 11.5 Å². The molecule has 0 aliphatic rings. The van der Waals surface area contributed by atoms with Crippen molar-refractivity contribution in [2.75, 3.05) is 12.4 Å². The van der Waals surface area contributed by atoms with Crippen molar-refractivity contribution in [2.45, 2.75) is 6.92 Å². The van der Waals surface area contributed by atoms with Crippen LogP contribution < -0.4 is 5.32 Å². The average Bonchev–Trinajstić information content (AvgIpc) is 2.38. The summed E-state index contributed by atoms with van der Waals surface area (Å²) >= 11 is 0. The van der Waals surface area contributed by atoms with Crippen molar-refractivity contribution in [1.82, 2.24) is 9.97 Å². The summed E-state index contributed by atoms with van der Waals surface area (Å²) in [6.45, 7) is 1.89. The molecule has 1 aromatic carbocycles. The maximum Gasteiger partial charge on any atom is 0.337 e. The number of nitrogens with one attached hydrogen (secondary N) is 1. The van der Waals surface area contributed by atoms with E-state index in [0.717, 1.165) is 11.1 Å². The molecule has 1 N–H and O–H groups in total. The highest BCUT2D eigenvalue weighted by Crippen LogP contribution is 2.33. The van der Waals surface area contributed by atoms with Gasteiger partial charge in [0.15, 0.2) is 5.69 Å². The fourth-order valence-corrected chi connectivity index (χ4v) is 1.77. The summed E-state index contributed by atoms with van der Waals surface area (Å²) in [5.41, 5.74) is 1.90. The van der Waals surface area contributed by atoms with E-state index in [9.17, 15) is 10.1 Å². The number of aromatic nitrogens is 2. The molecule has 0 saturated carbocycles. The number of hydrogen-bond donors (Lipinski definition) is 1. The number of anilines is 1. The predicted octanol–water partition coefficient (Wildman–Crippen LogP) is 2.40. The molecule has 0 aliphatic heterocycles. The maximum atomic E-state index is 11.2. The van der Waals surface area contributed by atoms with Gasteiger partial charge in [-0.15, -0.1) is 0 Å². The van der Waals surface area contributed by atoms with Crippen molar-refractivity contribution < 1.29 is 4.92 Å². The lowest BCUT2D eigenvalue weighted by atomic mass is 10.0. The molecule has 0 fully saturated rings. The summed E-state index contributed by atoms with van der Waals surface area (Å²) < 4.78 is 0. The van der Waals surface area contributed by atoms with Crippen LogP contribution in [0.15, 0.2) is 30.6 Å². The third-order valence-corrected chi connectivity index (χ3v) is 2.64. The predicted molar refractivity (Wildman–Crippen MR) is 68.4 cm³/mol. The minimum atomic E-state index is -0.465. The highest BCUT2D eigenvalue weighted by Gasteiger charge is 2.23. The van der Waals surface area contributed by atoms with Gasteiger partial charge in [0, 0.05) is 12.6 Å². The number of aryl methyl sites for hydroxylation is 1. The third-order valence-electron chi connectivity index (χ3n) is 2.64. The summed E-state index contributed by atoms with van der Waals surface area (Å²) in [4.78, 5) is 18.6. The fraction of sp³-hybridized carbons (Fsp3) is 0.167. The van der Waals surface area contributed by atoms with Crippen LogP contribution in [0, 0.1) is 17.0 Å². The lowest BCUT2D eigenvalue weighted by molar-refractivity contribution is -0.383. The molecule has 0 unspecified atom stereocenters. The van der Waals surface area contributed by atoms with E-state index in [2.05, 4.69) is 15.3 Å². The van der Waals surface area contributed by atoms with Crippen molar-refractivity contribution in [2.24, 2.45) is 0 Å². The Morgan fingerprint density at radius 2 is 2.00 bits per heavy atom. The Morgan fingerprint density at radius 1 is 1.28 bits per heavy atom. The lowest BCUT2D eigenvalue weighted by Gasteiger charge is -2.07. The van der Waals surface area contributed by atoms with Crippen LogP contribution in [0.5, 0.6) is 0 Å². The first-order valence-corrected chi connectivity index (χ1v) is 5.38. The Morgan fingerprint density at radius 3 is 2.61 bits per heavy atom. The van der Waals surface area contributed by atoms with Crippen LogP contribution >= 0.6 is 0 Å². The van der Waals surface area contributed by atoms with E-state index in [1.165, 1.54) is 6.33 Å². The van der Waals surface area contributed by atoms with Gasteiger partial charge in [0.2, 0.25) is 5.82 Å². The van der Waals surface area contributed by atoms with E-state index in [4.69, 9.17) is 0 Å². The second-order valence-electron chi connectivity index (χ2n) is 3.74. The van der Waals surface area contributed by atoms with Gasteiger partial charge in [-0.1, -0.05) is 24.3 Å². The zero-order chi connectivity index (χ0) is 13.1. The first-order chi connectivity index (χ1) is 8.65. The Balaban J connectivity index is 2.72. The Kier molecular flexibility index (Phi) is 3.18. The number of nitrogens with zero attached hydrogens (tertiary/aromatic N) is 3. The van der Waals surface area contributed by atoms with E-state index >= 15 is 0 Å². The van der Waals surface area contributed by atoms with Crippen molar-refractivity contribution in [1.29, 1.82) is 0 Å². The molecule has 2 aromatic rings. The molecule has 1 aromatic heterocycles. The minimum Gasteiger partial charge on any atom is -0.367 e. The highest BCUT2D eigenvalue weighted by molar-refractivity contribution is 5.78. The summed E-state index contributed by atoms with van der Waals surface area (Å²) in [5, 5.41) is 13.9. The monoisotopic (exact) mass is 244 g/mol. The van der Waals surface area contributed by atoms with E-state index < -0.39 is 4.92 Å². The Hall–Kier alpha value is -2.50. The molecule has 0 radical (unpaired) electrons. The van der Waals surface area contributed by atoms with Crippen LogP contribution in [0.25, 0.3) is 11.3 Å². The van der Waals surface area contributed by atoms with Gasteiger partial charge in [0.25, 0.3) is 0 Å². The molecule has 18 heavy (non-hydrogen) atoms.